The summed E-state index contributed by atoms with van der Waals surface area (Å²) in [6.45, 7) is 7.24. The summed E-state index contributed by atoms with van der Waals surface area (Å²) in [5, 5.41) is 3.67. The predicted molar refractivity (Wildman–Crippen MR) is 83.8 cm³/mol. The van der Waals surface area contributed by atoms with Gasteiger partial charge in [-0.1, -0.05) is 43.1 Å². The Balaban J connectivity index is 2.24. The molecule has 0 saturated carbocycles. The van der Waals surface area contributed by atoms with Crippen LogP contribution >= 0.6 is 11.6 Å². The van der Waals surface area contributed by atoms with Crippen molar-refractivity contribution in [2.45, 2.75) is 39.3 Å². The van der Waals surface area contributed by atoms with E-state index in [2.05, 4.69) is 48.3 Å². The molecule has 1 heterocycles. The Bertz CT molecular complexity index is 442. The molecule has 104 valence electrons. The lowest BCUT2D eigenvalue weighted by atomic mass is 10.1. The van der Waals surface area contributed by atoms with Crippen molar-refractivity contribution in [1.82, 2.24) is 5.32 Å². The average Bonchev–Trinajstić information content (AvgIpc) is 2.60. The normalized spacial score (nSPS) is 20.1. The van der Waals surface area contributed by atoms with Crippen molar-refractivity contribution in [3.05, 3.63) is 40.9 Å². The summed E-state index contributed by atoms with van der Waals surface area (Å²) in [4.78, 5) is 2.45. The molecule has 2 nitrogen and oxygen atoms in total. The fourth-order valence-electron chi connectivity index (χ4n) is 2.68. The van der Waals surface area contributed by atoms with Crippen molar-refractivity contribution in [3.8, 4) is 0 Å². The van der Waals surface area contributed by atoms with Crippen LogP contribution in [0.2, 0.25) is 0 Å². The number of nitrogens with zero attached hydrogens (tertiary/aromatic N) is 1. The van der Waals surface area contributed by atoms with Gasteiger partial charge in [0, 0.05) is 36.9 Å². The van der Waals surface area contributed by atoms with Gasteiger partial charge in [0.15, 0.2) is 0 Å². The van der Waals surface area contributed by atoms with E-state index in [-0.39, 0.29) is 0 Å². The molecule has 0 amide bonds. The quantitative estimate of drug-likeness (QED) is 0.898. The van der Waals surface area contributed by atoms with Gasteiger partial charge in [-0.3, -0.25) is 0 Å². The first kappa shape index (κ1) is 14.4. The number of hydrogen-bond donors (Lipinski definition) is 1. The Morgan fingerprint density at radius 1 is 1.47 bits per heavy atom. The summed E-state index contributed by atoms with van der Waals surface area (Å²) in [6, 6.07) is 9.21. The van der Waals surface area contributed by atoms with Crippen molar-refractivity contribution in [2.24, 2.45) is 0 Å². The second kappa shape index (κ2) is 6.97. The van der Waals surface area contributed by atoms with Gasteiger partial charge in [-0.15, -0.1) is 0 Å². The van der Waals surface area contributed by atoms with E-state index in [0.717, 1.165) is 19.6 Å². The van der Waals surface area contributed by atoms with Gasteiger partial charge in [0.1, 0.15) is 0 Å². The fraction of sp³-hybridized carbons (Fsp3) is 0.500. The van der Waals surface area contributed by atoms with E-state index in [9.17, 15) is 0 Å². The number of fused-ring (bicyclic) bond motifs is 1. The Morgan fingerprint density at radius 2 is 2.26 bits per heavy atom. The maximum Gasteiger partial charge on any atom is 0.0415 e. The van der Waals surface area contributed by atoms with Crippen molar-refractivity contribution in [2.75, 3.05) is 18.0 Å². The van der Waals surface area contributed by atoms with Crippen LogP contribution in [0.25, 0.3) is 0 Å². The van der Waals surface area contributed by atoms with E-state index in [1.807, 2.05) is 0 Å². The molecule has 1 N–H and O–H groups in total. The zero-order chi connectivity index (χ0) is 13.7. The number of benzene rings is 1. The molecule has 0 spiro atoms. The number of para-hydroxylation sites is 1. The molecule has 0 bridgehead atoms. The minimum Gasteiger partial charge on any atom is -0.366 e. The van der Waals surface area contributed by atoms with E-state index in [4.69, 9.17) is 11.6 Å². The molecule has 1 atom stereocenters. The van der Waals surface area contributed by atoms with Crippen molar-refractivity contribution in [1.29, 1.82) is 0 Å². The minimum atomic E-state index is 0.556. The van der Waals surface area contributed by atoms with Gasteiger partial charge in [0.2, 0.25) is 0 Å². The van der Waals surface area contributed by atoms with Crippen molar-refractivity contribution < 1.29 is 0 Å². The molecule has 1 unspecified atom stereocenters. The Kier molecular flexibility index (Phi) is 5.29. The molecule has 19 heavy (non-hydrogen) atoms. The summed E-state index contributed by atoms with van der Waals surface area (Å²) in [6.07, 6.45) is 2.43. The van der Waals surface area contributed by atoms with Crippen LogP contribution in [-0.2, 0) is 6.54 Å². The first-order chi connectivity index (χ1) is 9.24. The van der Waals surface area contributed by atoms with E-state index >= 15 is 0 Å². The highest BCUT2D eigenvalue weighted by Crippen LogP contribution is 2.25. The van der Waals surface area contributed by atoms with E-state index < -0.39 is 0 Å². The summed E-state index contributed by atoms with van der Waals surface area (Å²) in [5.41, 5.74) is 5.61. The lowest BCUT2D eigenvalue weighted by Gasteiger charge is -2.28. The molecule has 0 fully saturated rings. The van der Waals surface area contributed by atoms with Crippen molar-refractivity contribution in [3.63, 3.8) is 0 Å². The highest BCUT2D eigenvalue weighted by atomic mass is 35.5. The second-order valence-corrected chi connectivity index (χ2v) is 5.55. The average molecular weight is 279 g/mol. The summed E-state index contributed by atoms with van der Waals surface area (Å²) in [5.74, 6) is 0. The maximum absolute atomic E-state index is 5.83. The highest BCUT2D eigenvalue weighted by Gasteiger charge is 2.20. The number of halogens is 1. The van der Waals surface area contributed by atoms with Crippen LogP contribution in [0.15, 0.2) is 35.4 Å². The topological polar surface area (TPSA) is 15.3 Å². The molecule has 0 radical (unpaired) electrons. The number of anilines is 1. The molecule has 0 aromatic heterocycles. The maximum atomic E-state index is 5.83. The van der Waals surface area contributed by atoms with Crippen LogP contribution < -0.4 is 10.2 Å². The van der Waals surface area contributed by atoms with Crippen LogP contribution in [0, 0.1) is 0 Å². The first-order valence-corrected chi connectivity index (χ1v) is 7.50. The van der Waals surface area contributed by atoms with Gasteiger partial charge in [0.25, 0.3) is 0 Å². The summed E-state index contributed by atoms with van der Waals surface area (Å²) >= 11 is 5.83. The highest BCUT2D eigenvalue weighted by molar-refractivity contribution is 6.25. The zero-order valence-corrected chi connectivity index (χ0v) is 12.6. The number of hydrogen-bond acceptors (Lipinski definition) is 2. The second-order valence-electron chi connectivity index (χ2n) is 5.33. The van der Waals surface area contributed by atoms with Crippen LogP contribution in [0.4, 0.5) is 5.69 Å². The number of nitrogens with one attached hydrogen (secondary N) is 1. The largest absolute Gasteiger partial charge is 0.366 e. The third-order valence-corrected chi connectivity index (χ3v) is 3.99. The standard InChI is InChI=1S/C16H23ClN2/c1-3-6-15-12-19(11-13(2)9-17)16-8-5-4-7-14(16)10-18-15/h4-5,7-9,15,18H,3,6,10-12H2,1-2H3/b13-9+. The Hall–Kier alpha value is -0.990. The first-order valence-electron chi connectivity index (χ1n) is 7.06. The molecular weight excluding hydrogens is 256 g/mol. The Morgan fingerprint density at radius 3 is 3.00 bits per heavy atom. The molecule has 3 heteroatoms. The zero-order valence-electron chi connectivity index (χ0n) is 11.8. The Labute approximate surface area is 121 Å². The van der Waals surface area contributed by atoms with Gasteiger partial charge >= 0.3 is 0 Å². The number of rotatable bonds is 4. The summed E-state index contributed by atoms with van der Waals surface area (Å²) < 4.78 is 0. The fourth-order valence-corrected chi connectivity index (χ4v) is 2.75. The summed E-state index contributed by atoms with van der Waals surface area (Å²) in [7, 11) is 0. The smallest absolute Gasteiger partial charge is 0.0415 e. The van der Waals surface area contributed by atoms with E-state index in [1.54, 1.807) is 5.54 Å². The molecule has 1 aliphatic rings. The predicted octanol–water partition coefficient (Wildman–Crippen LogP) is 3.91. The molecule has 0 saturated heterocycles. The monoisotopic (exact) mass is 278 g/mol. The lowest BCUT2D eigenvalue weighted by molar-refractivity contribution is 0.483. The molecule has 0 aliphatic carbocycles. The van der Waals surface area contributed by atoms with Crippen LogP contribution in [0.3, 0.4) is 0 Å². The third-order valence-electron chi connectivity index (χ3n) is 3.62. The molecule has 2 rings (SSSR count). The van der Waals surface area contributed by atoms with Gasteiger partial charge in [-0.25, -0.2) is 0 Å². The molecule has 1 aliphatic heterocycles. The lowest BCUT2D eigenvalue weighted by Crippen LogP contribution is -2.38. The van der Waals surface area contributed by atoms with Crippen LogP contribution in [0.1, 0.15) is 32.3 Å². The van der Waals surface area contributed by atoms with Crippen LogP contribution in [0.5, 0.6) is 0 Å². The van der Waals surface area contributed by atoms with Crippen LogP contribution in [-0.4, -0.2) is 19.1 Å². The molecular formula is C16H23ClN2. The van der Waals surface area contributed by atoms with Gasteiger partial charge in [-0.2, -0.15) is 0 Å². The van der Waals surface area contributed by atoms with Crippen molar-refractivity contribution >= 4 is 17.3 Å². The SMILES string of the molecule is CCCC1CN(C/C(C)=C/Cl)c2ccccc2CN1. The third kappa shape index (κ3) is 3.74. The molecule has 1 aromatic rings. The molecule has 1 aromatic carbocycles. The van der Waals surface area contributed by atoms with Gasteiger partial charge in [0.05, 0.1) is 0 Å². The van der Waals surface area contributed by atoms with E-state index in [0.29, 0.717) is 6.04 Å². The minimum absolute atomic E-state index is 0.556. The van der Waals surface area contributed by atoms with E-state index in [1.165, 1.54) is 29.7 Å². The van der Waals surface area contributed by atoms with Gasteiger partial charge in [-0.05, 0) is 30.5 Å². The van der Waals surface area contributed by atoms with Gasteiger partial charge < -0.3 is 10.2 Å².